The summed E-state index contributed by atoms with van der Waals surface area (Å²) >= 11 is 0. The largest absolute Gasteiger partial charge is 0.507 e. The van der Waals surface area contributed by atoms with Gasteiger partial charge in [-0.1, -0.05) is 12.1 Å². The molecule has 1 aromatic carbocycles. The Morgan fingerprint density at radius 3 is 1.67 bits per heavy atom. The quantitative estimate of drug-likeness (QED) is 0.418. The Morgan fingerprint density at radius 2 is 1.48 bits per heavy atom. The van der Waals surface area contributed by atoms with E-state index in [9.17, 15) is 13.2 Å². The predicted molar refractivity (Wildman–Crippen MR) is 69.2 cm³/mol. The fraction of sp³-hybridized carbons (Fsp3) is 0.200. The Bertz CT molecular complexity index is 547. The second-order valence-corrected chi connectivity index (χ2v) is 4.69. The van der Waals surface area contributed by atoms with Crippen molar-refractivity contribution >= 4 is 22.2 Å². The van der Waals surface area contributed by atoms with Crippen molar-refractivity contribution in [2.24, 2.45) is 0 Å². The summed E-state index contributed by atoms with van der Waals surface area (Å²) in [7, 11) is -3.92. The first-order valence-electron chi connectivity index (χ1n) is 5.00. The van der Waals surface area contributed by atoms with Gasteiger partial charge >= 0.3 is 12.1 Å². The van der Waals surface area contributed by atoms with Crippen LogP contribution in [0, 0.1) is 0 Å². The fourth-order valence-corrected chi connectivity index (χ4v) is 1.00. The second-order valence-electron chi connectivity index (χ2n) is 3.11. The Balaban J connectivity index is 0. The van der Waals surface area contributed by atoms with Crippen molar-refractivity contribution in [2.75, 3.05) is 12.4 Å². The van der Waals surface area contributed by atoms with Crippen molar-refractivity contribution in [1.82, 2.24) is 0 Å². The third-order valence-electron chi connectivity index (χ3n) is 1.48. The highest BCUT2D eigenvalue weighted by molar-refractivity contribution is 7.85. The van der Waals surface area contributed by atoms with E-state index in [0.717, 1.165) is 0 Å². The molecule has 1 rings (SSSR count). The van der Waals surface area contributed by atoms with E-state index in [1.807, 2.05) is 0 Å². The van der Waals surface area contributed by atoms with Gasteiger partial charge < -0.3 is 25.5 Å². The predicted octanol–water partition coefficient (Wildman–Crippen LogP) is 0.179. The molecule has 0 saturated heterocycles. The number of carbonyl (C=O) groups is 2. The van der Waals surface area contributed by atoms with Crippen LogP contribution in [0.1, 0.15) is 10.4 Å². The number of aromatic carboxylic acids is 1. The van der Waals surface area contributed by atoms with E-state index in [0.29, 0.717) is 0 Å². The van der Waals surface area contributed by atoms with Gasteiger partial charge in [0.25, 0.3) is 10.1 Å². The van der Waals surface area contributed by atoms with Crippen molar-refractivity contribution in [1.29, 1.82) is 0 Å². The number of carboxylic acids is 1. The average Bonchev–Trinajstić information content (AvgIpc) is 2.27. The molecule has 120 valence electrons. The van der Waals surface area contributed by atoms with Crippen LogP contribution in [0.2, 0.25) is 0 Å². The monoisotopic (exact) mass is 326 g/mol. The molecular formula is C10H14O10S. The molecule has 11 heteroatoms. The van der Waals surface area contributed by atoms with Gasteiger partial charge in [-0.15, -0.1) is 0 Å². The van der Waals surface area contributed by atoms with Crippen molar-refractivity contribution in [3.8, 4) is 5.75 Å². The van der Waals surface area contributed by atoms with Crippen molar-refractivity contribution in [3.05, 3.63) is 29.8 Å². The average molecular weight is 326 g/mol. The number of phenols is 1. The SMILES string of the molecule is O=C(O)O.O=C(O)c1ccccc1O.O=S(=O)(O)CCO. The smallest absolute Gasteiger partial charge is 0.503 e. The van der Waals surface area contributed by atoms with Gasteiger partial charge in [0.15, 0.2) is 0 Å². The summed E-state index contributed by atoms with van der Waals surface area (Å²) in [4.78, 5) is 18.8. The highest BCUT2D eigenvalue weighted by Gasteiger charge is 2.05. The molecule has 21 heavy (non-hydrogen) atoms. The zero-order valence-corrected chi connectivity index (χ0v) is 11.3. The van der Waals surface area contributed by atoms with Crippen LogP contribution >= 0.6 is 0 Å². The number of benzene rings is 1. The molecule has 0 bridgehead atoms. The Hall–Kier alpha value is -2.37. The Kier molecular flexibility index (Phi) is 10.4. The molecule has 1 aromatic rings. The summed E-state index contributed by atoms with van der Waals surface area (Å²) in [6.07, 6.45) is -1.83. The maximum atomic E-state index is 10.3. The van der Waals surface area contributed by atoms with Crippen LogP contribution in [0.3, 0.4) is 0 Å². The molecule has 0 heterocycles. The summed E-state index contributed by atoms with van der Waals surface area (Å²) < 4.78 is 27.1. The normalized spacial score (nSPS) is 9.43. The van der Waals surface area contributed by atoms with E-state index in [4.69, 9.17) is 34.9 Å². The molecule has 0 aliphatic rings. The maximum absolute atomic E-state index is 10.3. The van der Waals surface area contributed by atoms with Crippen molar-refractivity contribution in [2.45, 2.75) is 0 Å². The topological polar surface area (TPSA) is 190 Å². The van der Waals surface area contributed by atoms with Crippen molar-refractivity contribution < 1.29 is 48.1 Å². The molecule has 0 atom stereocenters. The summed E-state index contributed by atoms with van der Waals surface area (Å²) in [6.45, 7) is -0.529. The van der Waals surface area contributed by atoms with E-state index < -0.39 is 34.6 Å². The van der Waals surface area contributed by atoms with Gasteiger partial charge in [0.2, 0.25) is 0 Å². The Morgan fingerprint density at radius 1 is 1.05 bits per heavy atom. The van der Waals surface area contributed by atoms with Crippen LogP contribution in [0.25, 0.3) is 0 Å². The molecule has 0 aromatic heterocycles. The summed E-state index contributed by atoms with van der Waals surface area (Å²) in [6, 6.07) is 5.81. The lowest BCUT2D eigenvalue weighted by Crippen LogP contribution is -2.06. The first-order chi connectivity index (χ1) is 9.51. The van der Waals surface area contributed by atoms with E-state index in [1.165, 1.54) is 12.1 Å². The minimum Gasteiger partial charge on any atom is -0.507 e. The summed E-state index contributed by atoms with van der Waals surface area (Å²) in [5, 5.41) is 39.1. The molecule has 6 N–H and O–H groups in total. The fourth-order valence-electron chi connectivity index (χ4n) is 0.770. The number of carboxylic acid groups (broad SMARTS) is 3. The van der Waals surface area contributed by atoms with Gasteiger partial charge in [-0.3, -0.25) is 4.55 Å². The molecular weight excluding hydrogens is 312 g/mol. The Labute approximate surface area is 119 Å². The maximum Gasteiger partial charge on any atom is 0.503 e. The first kappa shape index (κ1) is 20.9. The number of hydrogen-bond donors (Lipinski definition) is 6. The molecule has 0 aliphatic carbocycles. The first-order valence-corrected chi connectivity index (χ1v) is 6.61. The third kappa shape index (κ3) is 15.6. The van der Waals surface area contributed by atoms with Gasteiger partial charge in [0.05, 0.1) is 12.4 Å². The number of hydrogen-bond acceptors (Lipinski definition) is 6. The highest BCUT2D eigenvalue weighted by atomic mass is 32.2. The molecule has 0 aliphatic heterocycles. The van der Waals surface area contributed by atoms with Gasteiger partial charge in [-0.05, 0) is 12.1 Å². The summed E-state index contributed by atoms with van der Waals surface area (Å²) in [5.41, 5.74) is -0.0671. The lowest BCUT2D eigenvalue weighted by atomic mass is 10.2. The summed E-state index contributed by atoms with van der Waals surface area (Å²) in [5.74, 6) is -1.89. The van der Waals surface area contributed by atoms with Crippen LogP contribution in [0.4, 0.5) is 4.79 Å². The van der Waals surface area contributed by atoms with Crippen LogP contribution in [0.5, 0.6) is 5.75 Å². The molecule has 0 spiro atoms. The number of aliphatic hydroxyl groups is 1. The zero-order chi connectivity index (χ0) is 17.1. The minimum atomic E-state index is -3.92. The van der Waals surface area contributed by atoms with Gasteiger partial charge in [-0.25, -0.2) is 9.59 Å². The molecule has 0 saturated carbocycles. The lowest BCUT2D eigenvalue weighted by Gasteiger charge is -1.95. The van der Waals surface area contributed by atoms with Gasteiger partial charge in [-0.2, -0.15) is 8.42 Å². The van der Waals surface area contributed by atoms with Crippen LogP contribution in [-0.4, -0.2) is 63.0 Å². The number of aromatic hydroxyl groups is 1. The van der Waals surface area contributed by atoms with Crippen LogP contribution < -0.4 is 0 Å². The van der Waals surface area contributed by atoms with E-state index in [1.54, 1.807) is 12.1 Å². The zero-order valence-electron chi connectivity index (χ0n) is 10.4. The molecule has 0 amide bonds. The van der Waals surface area contributed by atoms with Crippen molar-refractivity contribution in [3.63, 3.8) is 0 Å². The minimum absolute atomic E-state index is 0.0671. The standard InChI is InChI=1S/C7H6O3.C2H6O4S.CH2O3/c8-6-4-2-1-3-5(6)7(9)10;3-1-2-7(4,5)6;2-1(3)4/h1-4,8H,(H,9,10);3H,1-2H2,(H,4,5,6);(H2,2,3,4). The number of aliphatic hydroxyl groups excluding tert-OH is 1. The number of para-hydroxylation sites is 1. The van der Waals surface area contributed by atoms with Gasteiger partial charge in [0.1, 0.15) is 11.3 Å². The van der Waals surface area contributed by atoms with E-state index in [2.05, 4.69) is 0 Å². The third-order valence-corrected chi connectivity index (χ3v) is 2.18. The molecule has 10 nitrogen and oxygen atoms in total. The van der Waals surface area contributed by atoms with E-state index >= 15 is 0 Å². The highest BCUT2D eigenvalue weighted by Crippen LogP contribution is 2.14. The lowest BCUT2D eigenvalue weighted by molar-refractivity contribution is 0.0693. The number of rotatable bonds is 3. The molecule has 0 unspecified atom stereocenters. The molecule has 0 radical (unpaired) electrons. The molecule has 0 fully saturated rings. The van der Waals surface area contributed by atoms with Crippen LogP contribution in [0.15, 0.2) is 24.3 Å². The second kappa shape index (κ2) is 10.4. The van der Waals surface area contributed by atoms with Crippen LogP contribution in [-0.2, 0) is 10.1 Å². The van der Waals surface area contributed by atoms with Gasteiger partial charge in [0, 0.05) is 0 Å². The van der Waals surface area contributed by atoms with E-state index in [-0.39, 0.29) is 11.3 Å².